The van der Waals surface area contributed by atoms with Crippen LogP contribution in [-0.2, 0) is 21.3 Å². The Morgan fingerprint density at radius 3 is 2.70 bits per heavy atom. The summed E-state index contributed by atoms with van der Waals surface area (Å²) in [6, 6.07) is 10.4. The van der Waals surface area contributed by atoms with Crippen molar-refractivity contribution in [1.29, 1.82) is 0 Å². The van der Waals surface area contributed by atoms with Gasteiger partial charge < -0.3 is 9.64 Å². The molecule has 0 bridgehead atoms. The van der Waals surface area contributed by atoms with E-state index in [2.05, 4.69) is 19.7 Å². The number of nitrogens with zero attached hydrogens (tertiary/aromatic N) is 4. The molecule has 1 N–H and O–H groups in total. The van der Waals surface area contributed by atoms with Gasteiger partial charge in [0.2, 0.25) is 16.0 Å². The molecule has 4 rings (SSSR count). The topological polar surface area (TPSA) is 97.3 Å². The van der Waals surface area contributed by atoms with Gasteiger partial charge >= 0.3 is 0 Å². The quantitative estimate of drug-likeness (QED) is 0.708. The largest absolute Gasteiger partial charge is 0.378 e. The van der Waals surface area contributed by atoms with E-state index in [4.69, 9.17) is 4.74 Å². The predicted molar refractivity (Wildman–Crippen MR) is 101 cm³/mol. The van der Waals surface area contributed by atoms with Crippen molar-refractivity contribution in [2.24, 2.45) is 0 Å². The van der Waals surface area contributed by atoms with Gasteiger partial charge in [0.25, 0.3) is 0 Å². The molecule has 1 saturated heterocycles. The van der Waals surface area contributed by atoms with Gasteiger partial charge in [-0.25, -0.2) is 23.1 Å². The summed E-state index contributed by atoms with van der Waals surface area (Å²) in [5.41, 5.74) is 1.05. The molecule has 0 saturated carbocycles. The Morgan fingerprint density at radius 1 is 1.04 bits per heavy atom. The van der Waals surface area contributed by atoms with Crippen molar-refractivity contribution in [3.63, 3.8) is 0 Å². The molecule has 9 heteroatoms. The molecular weight excluding hydrogens is 366 g/mol. The normalized spacial score (nSPS) is 15.2. The van der Waals surface area contributed by atoms with Gasteiger partial charge in [0.1, 0.15) is 4.90 Å². The number of sulfonamides is 1. The maximum absolute atomic E-state index is 12.8. The number of pyridine rings is 1. The molecule has 0 atom stereocenters. The van der Waals surface area contributed by atoms with Crippen LogP contribution < -0.4 is 9.62 Å². The van der Waals surface area contributed by atoms with Crippen molar-refractivity contribution in [2.75, 3.05) is 31.2 Å². The lowest BCUT2D eigenvalue weighted by atomic mass is 10.2. The number of aromatic nitrogens is 3. The van der Waals surface area contributed by atoms with Gasteiger partial charge in [0, 0.05) is 30.9 Å². The lowest BCUT2D eigenvalue weighted by Gasteiger charge is -2.26. The van der Waals surface area contributed by atoms with Crippen LogP contribution in [0.2, 0.25) is 0 Å². The van der Waals surface area contributed by atoms with Crippen molar-refractivity contribution < 1.29 is 13.2 Å². The number of nitrogens with one attached hydrogen (secondary N) is 1. The lowest BCUT2D eigenvalue weighted by Crippen LogP contribution is -2.37. The van der Waals surface area contributed by atoms with Gasteiger partial charge in [-0.05, 0) is 18.2 Å². The summed E-state index contributed by atoms with van der Waals surface area (Å²) in [5.74, 6) is 0.585. The van der Waals surface area contributed by atoms with Crippen LogP contribution in [0.3, 0.4) is 0 Å². The third-order valence-electron chi connectivity index (χ3n) is 4.32. The summed E-state index contributed by atoms with van der Waals surface area (Å²) in [4.78, 5) is 15.1. The fourth-order valence-electron chi connectivity index (χ4n) is 2.94. The van der Waals surface area contributed by atoms with Gasteiger partial charge in [-0.3, -0.25) is 4.98 Å². The molecule has 1 aliphatic rings. The molecule has 1 aliphatic heterocycles. The van der Waals surface area contributed by atoms with Gasteiger partial charge in [0.05, 0.1) is 31.0 Å². The summed E-state index contributed by atoms with van der Waals surface area (Å²) in [5, 5.41) is 0.775. The first-order valence-corrected chi connectivity index (χ1v) is 10.1. The Kier molecular flexibility index (Phi) is 4.97. The van der Waals surface area contributed by atoms with Crippen molar-refractivity contribution in [3.05, 3.63) is 54.5 Å². The van der Waals surface area contributed by atoms with Crippen LogP contribution in [-0.4, -0.2) is 49.7 Å². The number of benzene rings is 1. The third-order valence-corrected chi connectivity index (χ3v) is 5.76. The first-order chi connectivity index (χ1) is 13.1. The summed E-state index contributed by atoms with van der Waals surface area (Å²) >= 11 is 0. The highest BCUT2D eigenvalue weighted by Crippen LogP contribution is 2.20. The van der Waals surface area contributed by atoms with E-state index in [0.717, 1.165) is 18.5 Å². The van der Waals surface area contributed by atoms with Crippen LogP contribution in [0.25, 0.3) is 10.9 Å². The summed E-state index contributed by atoms with van der Waals surface area (Å²) in [6.07, 6.45) is 3.22. The highest BCUT2D eigenvalue weighted by atomic mass is 32.2. The molecule has 0 spiro atoms. The third kappa shape index (κ3) is 3.90. The van der Waals surface area contributed by atoms with E-state index in [-0.39, 0.29) is 11.4 Å². The number of hydrogen-bond acceptors (Lipinski definition) is 7. The Morgan fingerprint density at radius 2 is 1.85 bits per heavy atom. The van der Waals surface area contributed by atoms with Gasteiger partial charge in [0.15, 0.2) is 0 Å². The average molecular weight is 385 g/mol. The average Bonchev–Trinajstić information content (AvgIpc) is 2.73. The Hall–Kier alpha value is -2.62. The van der Waals surface area contributed by atoms with Crippen LogP contribution in [0.15, 0.2) is 53.7 Å². The maximum atomic E-state index is 12.8. The van der Waals surface area contributed by atoms with Crippen LogP contribution in [0.4, 0.5) is 5.95 Å². The number of para-hydroxylation sites is 1. The number of fused-ring (bicyclic) bond motifs is 1. The van der Waals surface area contributed by atoms with E-state index in [9.17, 15) is 8.42 Å². The minimum atomic E-state index is -3.73. The molecule has 1 fully saturated rings. The standard InChI is InChI=1S/C18H19N5O3S/c24-27(25,16-5-1-3-14-4-2-7-19-17(14)16)21-13-15-6-8-20-18(22-15)23-9-11-26-12-10-23/h1-8,21H,9-13H2. The van der Waals surface area contributed by atoms with Crippen LogP contribution in [0, 0.1) is 0 Å². The molecule has 1 aromatic carbocycles. The van der Waals surface area contributed by atoms with Crippen molar-refractivity contribution >= 4 is 26.9 Å². The SMILES string of the molecule is O=S(=O)(NCc1ccnc(N2CCOCC2)n1)c1cccc2cccnc12. The first-order valence-electron chi connectivity index (χ1n) is 8.61. The molecule has 3 heterocycles. The number of anilines is 1. The van der Waals surface area contributed by atoms with Gasteiger partial charge in [-0.1, -0.05) is 18.2 Å². The minimum Gasteiger partial charge on any atom is -0.378 e. The minimum absolute atomic E-state index is 0.0748. The molecule has 0 amide bonds. The summed E-state index contributed by atoms with van der Waals surface area (Å²) in [6.45, 7) is 2.78. The highest BCUT2D eigenvalue weighted by Gasteiger charge is 2.19. The van der Waals surface area contributed by atoms with Crippen LogP contribution in [0.1, 0.15) is 5.69 Å². The molecule has 8 nitrogen and oxygen atoms in total. The van der Waals surface area contributed by atoms with E-state index in [0.29, 0.717) is 30.4 Å². The number of ether oxygens (including phenoxy) is 1. The zero-order chi connectivity index (χ0) is 18.7. The molecule has 140 valence electrons. The molecule has 2 aromatic heterocycles. The second kappa shape index (κ2) is 7.55. The van der Waals surface area contributed by atoms with E-state index in [1.807, 2.05) is 17.0 Å². The molecule has 0 unspecified atom stereocenters. The Labute approximate surface area is 157 Å². The molecule has 0 radical (unpaired) electrons. The van der Waals surface area contributed by atoms with Crippen molar-refractivity contribution in [3.8, 4) is 0 Å². The van der Waals surface area contributed by atoms with Gasteiger partial charge in [-0.15, -0.1) is 0 Å². The van der Waals surface area contributed by atoms with Crippen molar-refractivity contribution in [1.82, 2.24) is 19.7 Å². The fraction of sp³-hybridized carbons (Fsp3) is 0.278. The Bertz CT molecular complexity index is 1050. The van der Waals surface area contributed by atoms with E-state index in [1.54, 1.807) is 36.7 Å². The molecule has 27 heavy (non-hydrogen) atoms. The molecule has 0 aliphatic carbocycles. The van der Waals surface area contributed by atoms with E-state index < -0.39 is 10.0 Å². The molecule has 3 aromatic rings. The first kappa shape index (κ1) is 17.8. The van der Waals surface area contributed by atoms with Crippen LogP contribution >= 0.6 is 0 Å². The number of morpholine rings is 1. The van der Waals surface area contributed by atoms with Crippen LogP contribution in [0.5, 0.6) is 0 Å². The smallest absolute Gasteiger partial charge is 0.243 e. The molecular formula is C18H19N5O3S. The summed E-state index contributed by atoms with van der Waals surface area (Å²) in [7, 11) is -3.73. The van der Waals surface area contributed by atoms with E-state index >= 15 is 0 Å². The monoisotopic (exact) mass is 385 g/mol. The number of rotatable bonds is 5. The maximum Gasteiger partial charge on any atom is 0.243 e. The Balaban J connectivity index is 1.54. The zero-order valence-electron chi connectivity index (χ0n) is 14.6. The predicted octanol–water partition coefficient (Wildman–Crippen LogP) is 1.34. The van der Waals surface area contributed by atoms with Gasteiger partial charge in [-0.2, -0.15) is 0 Å². The number of hydrogen-bond donors (Lipinski definition) is 1. The highest BCUT2D eigenvalue weighted by molar-refractivity contribution is 7.89. The second-order valence-corrected chi connectivity index (χ2v) is 7.84. The van der Waals surface area contributed by atoms with Crippen molar-refractivity contribution in [2.45, 2.75) is 11.4 Å². The second-order valence-electron chi connectivity index (χ2n) is 6.10. The zero-order valence-corrected chi connectivity index (χ0v) is 15.4. The van der Waals surface area contributed by atoms with E-state index in [1.165, 1.54) is 0 Å². The lowest BCUT2D eigenvalue weighted by molar-refractivity contribution is 0.122. The summed E-state index contributed by atoms with van der Waals surface area (Å²) < 4.78 is 33.5. The fourth-order valence-corrected chi connectivity index (χ4v) is 4.11.